The number of carbonyl (C=O) groups excluding carboxylic acids is 7. The Morgan fingerprint density at radius 2 is 1.60 bits per heavy atom. The van der Waals surface area contributed by atoms with E-state index in [4.69, 9.17) is 4.74 Å². The molecule has 14 heteroatoms. The molecule has 4 N–H and O–H groups in total. The minimum Gasteiger partial charge on any atom is -0.449 e. The predicted octanol–water partition coefficient (Wildman–Crippen LogP) is 2.57. The number of hydrogen-bond donors (Lipinski definition) is 4. The van der Waals surface area contributed by atoms with Crippen LogP contribution in [-0.2, 0) is 33.5 Å². The molecule has 1 aromatic rings. The second-order valence-electron chi connectivity index (χ2n) is 16.5. The lowest BCUT2D eigenvalue weighted by Crippen LogP contribution is -2.60. The summed E-state index contributed by atoms with van der Waals surface area (Å²) in [5.74, 6) is -3.18. The summed E-state index contributed by atoms with van der Waals surface area (Å²) in [6.45, 7) is 11.1. The van der Waals surface area contributed by atoms with Crippen LogP contribution in [-0.4, -0.2) is 103 Å². The molecule has 3 fully saturated rings. The quantitative estimate of drug-likeness (QED) is 0.198. The van der Waals surface area contributed by atoms with Crippen molar-refractivity contribution in [1.29, 1.82) is 0 Å². The summed E-state index contributed by atoms with van der Waals surface area (Å²) in [7, 11) is 3.13. The zero-order chi connectivity index (χ0) is 39.2. The van der Waals surface area contributed by atoms with Gasteiger partial charge in [0.15, 0.2) is 0 Å². The van der Waals surface area contributed by atoms with Crippen LogP contribution < -0.4 is 21.3 Å². The van der Waals surface area contributed by atoms with Gasteiger partial charge in [-0.15, -0.1) is 0 Å². The summed E-state index contributed by atoms with van der Waals surface area (Å²) in [5.41, 5.74) is -0.155. The summed E-state index contributed by atoms with van der Waals surface area (Å²) in [6, 6.07) is 4.61. The smallest absolute Gasteiger partial charge is 0.407 e. The molecule has 2 bridgehead atoms. The molecule has 0 spiro atoms. The molecule has 1 aromatic carbocycles. The largest absolute Gasteiger partial charge is 0.449 e. The maximum absolute atomic E-state index is 14.4. The molecular weight excluding hydrogens is 680 g/mol. The molecule has 2 aliphatic carbocycles. The average molecular weight is 739 g/mol. The molecule has 2 saturated carbocycles. The normalized spacial score (nSPS) is 23.3. The van der Waals surface area contributed by atoms with Crippen LogP contribution in [0.15, 0.2) is 30.3 Å². The number of nitrogens with zero attached hydrogens (tertiary/aromatic N) is 2. The summed E-state index contributed by atoms with van der Waals surface area (Å²) >= 11 is 0. The first-order valence-electron chi connectivity index (χ1n) is 18.9. The van der Waals surface area contributed by atoms with E-state index in [-0.39, 0.29) is 42.6 Å². The minimum atomic E-state index is -1.19. The zero-order valence-corrected chi connectivity index (χ0v) is 32.4. The van der Waals surface area contributed by atoms with Crippen molar-refractivity contribution in [2.75, 3.05) is 33.8 Å². The Balaban J connectivity index is 1.47. The first-order valence-corrected chi connectivity index (χ1v) is 18.9. The van der Waals surface area contributed by atoms with E-state index in [2.05, 4.69) is 21.3 Å². The van der Waals surface area contributed by atoms with Gasteiger partial charge in [0, 0.05) is 20.6 Å². The molecular formula is C39H58N6O8. The minimum absolute atomic E-state index is 0.106. The predicted molar refractivity (Wildman–Crippen MR) is 197 cm³/mol. The van der Waals surface area contributed by atoms with Gasteiger partial charge in [0.1, 0.15) is 18.1 Å². The van der Waals surface area contributed by atoms with Gasteiger partial charge >= 0.3 is 6.09 Å². The van der Waals surface area contributed by atoms with Crippen LogP contribution in [0.2, 0.25) is 0 Å². The molecule has 4 rings (SSSR count). The first kappa shape index (κ1) is 41.3. The third-order valence-electron chi connectivity index (χ3n) is 10.7. The second kappa shape index (κ2) is 17.6. The molecule has 53 heavy (non-hydrogen) atoms. The molecule has 8 atom stereocenters. The lowest BCUT2D eigenvalue weighted by atomic mass is 9.78. The van der Waals surface area contributed by atoms with Crippen molar-refractivity contribution in [3.63, 3.8) is 0 Å². The number of Topliss-reactive ketones (excluding diaryl/α,β-unsaturated/α-hetero) is 1. The number of fused-ring (bicyclic) bond motifs is 5. The van der Waals surface area contributed by atoms with E-state index in [1.54, 1.807) is 49.3 Å². The van der Waals surface area contributed by atoms with Crippen molar-refractivity contribution in [1.82, 2.24) is 31.1 Å². The third-order valence-corrected chi connectivity index (χ3v) is 10.7. The van der Waals surface area contributed by atoms with Gasteiger partial charge in [-0.25, -0.2) is 4.79 Å². The van der Waals surface area contributed by atoms with Crippen molar-refractivity contribution >= 4 is 41.4 Å². The molecule has 0 aromatic heterocycles. The molecule has 14 nitrogen and oxygen atoms in total. The Hall–Kier alpha value is -4.49. The fourth-order valence-corrected chi connectivity index (χ4v) is 8.15. The number of hydrogen-bond acceptors (Lipinski definition) is 8. The standard InChI is InChI=1S/C39H58N6O8/c1-9-13-27(32(47)35(49)40-19-28(46)42-30(36(50)44(7)8)23-14-11-10-12-15-23)41-34(48)31-29-25-17-16-24(18-25)26(29)20-45(31)37(51)33(39(4,5)6)43-38(52)53-21-22(2)3/h10-12,14-15,22,24-27,29-31,33H,9,13,16-21H2,1-8H3,(H,40,49)(H,41,48)(H,42,46)(H,43,52)/t24-,25+,26+,27-,29-,30?,31-,33?/m0/s1. The Kier molecular flexibility index (Phi) is 13.7. The SMILES string of the molecule is CCC[C@H](NC(=O)[C@@H]1[C@H]2[C@@H]3CC[C@@H](C3)[C@H]2CN1C(=O)C(NC(=O)OCC(C)C)C(C)(C)C)C(=O)C(=O)NCC(=O)NC(C(=O)N(C)C)c1ccccc1. The van der Waals surface area contributed by atoms with E-state index in [9.17, 15) is 33.6 Å². The molecule has 6 amide bonds. The highest BCUT2D eigenvalue weighted by Gasteiger charge is 2.60. The molecule has 1 aliphatic heterocycles. The number of ether oxygens (including phenoxy) is 1. The van der Waals surface area contributed by atoms with Crippen molar-refractivity contribution in [2.24, 2.45) is 35.0 Å². The number of likely N-dealkylation sites (tertiary alicyclic amines) is 1. The van der Waals surface area contributed by atoms with Crippen LogP contribution in [0.1, 0.15) is 85.3 Å². The number of rotatable bonds is 15. The van der Waals surface area contributed by atoms with Gasteiger partial charge in [0.2, 0.25) is 29.4 Å². The molecule has 1 saturated heterocycles. The maximum Gasteiger partial charge on any atom is 0.407 e. The Morgan fingerprint density at radius 3 is 2.21 bits per heavy atom. The number of alkyl carbamates (subject to hydrolysis) is 1. The number of nitrogens with one attached hydrogen (secondary N) is 4. The second-order valence-corrected chi connectivity index (χ2v) is 16.5. The fourth-order valence-electron chi connectivity index (χ4n) is 8.15. The van der Waals surface area contributed by atoms with Gasteiger partial charge in [0.25, 0.3) is 5.91 Å². The number of ketones is 1. The van der Waals surface area contributed by atoms with Crippen molar-refractivity contribution in [3.05, 3.63) is 35.9 Å². The number of benzene rings is 1. The zero-order valence-electron chi connectivity index (χ0n) is 32.4. The van der Waals surface area contributed by atoms with Crippen LogP contribution in [0, 0.1) is 35.0 Å². The van der Waals surface area contributed by atoms with Crippen LogP contribution in [0.5, 0.6) is 0 Å². The molecule has 1 heterocycles. The Bertz CT molecular complexity index is 1530. The van der Waals surface area contributed by atoms with E-state index in [1.165, 1.54) is 4.90 Å². The number of likely N-dealkylation sites (N-methyl/N-ethyl adjacent to an activating group) is 1. The highest BCUT2D eigenvalue weighted by atomic mass is 16.5. The van der Waals surface area contributed by atoms with Gasteiger partial charge in [-0.1, -0.05) is 78.3 Å². The summed E-state index contributed by atoms with van der Waals surface area (Å²) < 4.78 is 5.34. The van der Waals surface area contributed by atoms with E-state index in [0.29, 0.717) is 24.4 Å². The maximum atomic E-state index is 14.4. The third kappa shape index (κ3) is 9.94. The molecule has 292 valence electrons. The van der Waals surface area contributed by atoms with Crippen molar-refractivity contribution in [2.45, 2.75) is 97.8 Å². The number of carbonyl (C=O) groups is 7. The van der Waals surface area contributed by atoms with Gasteiger partial charge in [0.05, 0.1) is 19.2 Å². The monoisotopic (exact) mass is 738 g/mol. The topological polar surface area (TPSA) is 183 Å². The van der Waals surface area contributed by atoms with Crippen LogP contribution >= 0.6 is 0 Å². The Labute approximate surface area is 312 Å². The summed E-state index contributed by atoms with van der Waals surface area (Å²) in [4.78, 5) is 96.8. The summed E-state index contributed by atoms with van der Waals surface area (Å²) in [5, 5.41) is 10.5. The van der Waals surface area contributed by atoms with Gasteiger partial charge in [-0.3, -0.25) is 28.8 Å². The van der Waals surface area contributed by atoms with Crippen LogP contribution in [0.4, 0.5) is 4.79 Å². The Morgan fingerprint density at radius 1 is 0.943 bits per heavy atom. The molecule has 2 unspecified atom stereocenters. The van der Waals surface area contributed by atoms with Crippen LogP contribution in [0.3, 0.4) is 0 Å². The lowest BCUT2D eigenvalue weighted by Gasteiger charge is -2.37. The van der Waals surface area contributed by atoms with Gasteiger partial charge < -0.3 is 35.8 Å². The van der Waals surface area contributed by atoms with E-state index >= 15 is 0 Å². The van der Waals surface area contributed by atoms with Crippen LogP contribution in [0.25, 0.3) is 0 Å². The van der Waals surface area contributed by atoms with Gasteiger partial charge in [-0.2, -0.15) is 0 Å². The van der Waals surface area contributed by atoms with E-state index < -0.39 is 71.6 Å². The molecule has 0 radical (unpaired) electrons. The number of amides is 6. The van der Waals surface area contributed by atoms with E-state index in [1.807, 2.05) is 41.5 Å². The summed E-state index contributed by atoms with van der Waals surface area (Å²) in [6.07, 6.45) is 2.88. The first-order chi connectivity index (χ1) is 24.9. The average Bonchev–Trinajstić information content (AvgIpc) is 3.83. The lowest BCUT2D eigenvalue weighted by molar-refractivity contribution is -0.145. The highest BCUT2D eigenvalue weighted by molar-refractivity contribution is 6.38. The van der Waals surface area contributed by atoms with Gasteiger partial charge in [-0.05, 0) is 66.3 Å². The van der Waals surface area contributed by atoms with Crippen molar-refractivity contribution < 1.29 is 38.3 Å². The highest BCUT2D eigenvalue weighted by Crippen LogP contribution is 2.57. The fraction of sp³-hybridized carbons (Fsp3) is 0.667. The van der Waals surface area contributed by atoms with Crippen molar-refractivity contribution in [3.8, 4) is 0 Å². The molecule has 3 aliphatic rings. The van der Waals surface area contributed by atoms with E-state index in [0.717, 1.165) is 19.3 Å².